The van der Waals surface area contributed by atoms with Gasteiger partial charge in [-0.15, -0.1) is 0 Å². The van der Waals surface area contributed by atoms with Crippen LogP contribution in [0.5, 0.6) is 0 Å². The van der Waals surface area contributed by atoms with Crippen LogP contribution >= 0.6 is 0 Å². The van der Waals surface area contributed by atoms with Gasteiger partial charge in [0.25, 0.3) is 0 Å². The zero-order chi connectivity index (χ0) is 12.1. The fourth-order valence-electron chi connectivity index (χ4n) is 2.03. The molecule has 1 aliphatic heterocycles. The Morgan fingerprint density at radius 2 is 2.12 bits per heavy atom. The van der Waals surface area contributed by atoms with Gasteiger partial charge in [0.1, 0.15) is 5.82 Å². The molecule has 0 saturated carbocycles. The van der Waals surface area contributed by atoms with Gasteiger partial charge in [-0.05, 0) is 31.2 Å². The lowest BCUT2D eigenvalue weighted by molar-refractivity contribution is 0.606. The smallest absolute Gasteiger partial charge is 0.224 e. The molecule has 1 aromatic heterocycles. The number of rotatable bonds is 5. The molecule has 1 N–H and O–H groups in total. The fraction of sp³-hybridized carbons (Fsp3) is 0.692. The van der Waals surface area contributed by atoms with E-state index in [2.05, 4.69) is 34.0 Å². The van der Waals surface area contributed by atoms with Crippen LogP contribution in [0.1, 0.15) is 33.1 Å². The molecule has 4 nitrogen and oxygen atoms in total. The monoisotopic (exact) mass is 234 g/mol. The largest absolute Gasteiger partial charge is 0.356 e. The average molecular weight is 234 g/mol. The van der Waals surface area contributed by atoms with Crippen LogP contribution in [0.2, 0.25) is 0 Å². The molecule has 1 aliphatic rings. The summed E-state index contributed by atoms with van der Waals surface area (Å²) >= 11 is 0. The van der Waals surface area contributed by atoms with E-state index in [1.54, 1.807) is 0 Å². The third-order valence-electron chi connectivity index (χ3n) is 3.08. The minimum atomic E-state index is 0.712. The van der Waals surface area contributed by atoms with Crippen molar-refractivity contribution < 1.29 is 0 Å². The molecule has 0 amide bonds. The number of hydrogen-bond acceptors (Lipinski definition) is 4. The van der Waals surface area contributed by atoms with Crippen LogP contribution in [0.3, 0.4) is 0 Å². The van der Waals surface area contributed by atoms with Crippen molar-refractivity contribution in [3.05, 3.63) is 12.3 Å². The molecular formula is C13H22N4. The van der Waals surface area contributed by atoms with E-state index in [4.69, 9.17) is 0 Å². The van der Waals surface area contributed by atoms with Crippen LogP contribution in [-0.4, -0.2) is 29.6 Å². The SMILES string of the molecule is CC(C)CCNc1nccc(N2CCCC2)n1. The highest BCUT2D eigenvalue weighted by atomic mass is 15.2. The summed E-state index contributed by atoms with van der Waals surface area (Å²) in [5.41, 5.74) is 0. The maximum Gasteiger partial charge on any atom is 0.224 e. The van der Waals surface area contributed by atoms with Gasteiger partial charge in [-0.1, -0.05) is 13.8 Å². The summed E-state index contributed by atoms with van der Waals surface area (Å²) in [6, 6.07) is 2.00. The van der Waals surface area contributed by atoms with E-state index < -0.39 is 0 Å². The van der Waals surface area contributed by atoms with E-state index in [1.807, 2.05) is 12.3 Å². The molecule has 4 heteroatoms. The first-order valence-corrected chi connectivity index (χ1v) is 6.57. The second-order valence-corrected chi connectivity index (χ2v) is 5.04. The fourth-order valence-corrected chi connectivity index (χ4v) is 2.03. The molecule has 17 heavy (non-hydrogen) atoms. The lowest BCUT2D eigenvalue weighted by Gasteiger charge is -2.16. The third kappa shape index (κ3) is 3.58. The Morgan fingerprint density at radius 3 is 2.82 bits per heavy atom. The Bertz CT molecular complexity index is 345. The Morgan fingerprint density at radius 1 is 1.35 bits per heavy atom. The number of aromatic nitrogens is 2. The van der Waals surface area contributed by atoms with Gasteiger partial charge in [-0.25, -0.2) is 4.98 Å². The molecule has 0 unspecified atom stereocenters. The second-order valence-electron chi connectivity index (χ2n) is 5.04. The van der Waals surface area contributed by atoms with Crippen molar-refractivity contribution in [2.24, 2.45) is 5.92 Å². The molecule has 1 saturated heterocycles. The third-order valence-corrected chi connectivity index (χ3v) is 3.08. The van der Waals surface area contributed by atoms with Crippen molar-refractivity contribution in [2.75, 3.05) is 29.9 Å². The highest BCUT2D eigenvalue weighted by Gasteiger charge is 2.13. The molecule has 2 rings (SSSR count). The van der Waals surface area contributed by atoms with E-state index in [9.17, 15) is 0 Å². The predicted octanol–water partition coefficient (Wildman–Crippen LogP) is 2.53. The normalized spacial score (nSPS) is 15.6. The van der Waals surface area contributed by atoms with Gasteiger partial charge in [0.05, 0.1) is 0 Å². The zero-order valence-electron chi connectivity index (χ0n) is 10.8. The predicted molar refractivity (Wildman–Crippen MR) is 71.4 cm³/mol. The van der Waals surface area contributed by atoms with Crippen LogP contribution in [-0.2, 0) is 0 Å². The average Bonchev–Trinajstić information content (AvgIpc) is 2.82. The van der Waals surface area contributed by atoms with Gasteiger partial charge in [-0.2, -0.15) is 4.98 Å². The summed E-state index contributed by atoms with van der Waals surface area (Å²) in [4.78, 5) is 11.1. The van der Waals surface area contributed by atoms with Crippen molar-refractivity contribution in [3.63, 3.8) is 0 Å². The maximum absolute atomic E-state index is 4.56. The van der Waals surface area contributed by atoms with Crippen molar-refractivity contribution in [1.29, 1.82) is 0 Å². The highest BCUT2D eigenvalue weighted by Crippen LogP contribution is 2.18. The summed E-state index contributed by atoms with van der Waals surface area (Å²) in [6.45, 7) is 7.65. The van der Waals surface area contributed by atoms with Gasteiger partial charge in [0, 0.05) is 25.8 Å². The number of anilines is 2. The molecule has 0 bridgehead atoms. The summed E-state index contributed by atoms with van der Waals surface area (Å²) < 4.78 is 0. The Labute approximate surface area is 103 Å². The minimum absolute atomic E-state index is 0.712. The molecule has 0 atom stereocenters. The van der Waals surface area contributed by atoms with E-state index in [-0.39, 0.29) is 0 Å². The molecule has 2 heterocycles. The van der Waals surface area contributed by atoms with Gasteiger partial charge < -0.3 is 10.2 Å². The Kier molecular flexibility index (Phi) is 4.18. The van der Waals surface area contributed by atoms with Crippen LogP contribution in [0.4, 0.5) is 11.8 Å². The van der Waals surface area contributed by atoms with E-state index in [0.717, 1.165) is 37.8 Å². The number of nitrogens with one attached hydrogen (secondary N) is 1. The molecular weight excluding hydrogens is 212 g/mol. The summed E-state index contributed by atoms with van der Waals surface area (Å²) in [7, 11) is 0. The molecule has 94 valence electrons. The van der Waals surface area contributed by atoms with Crippen LogP contribution in [0, 0.1) is 5.92 Å². The van der Waals surface area contributed by atoms with E-state index >= 15 is 0 Å². The quantitative estimate of drug-likeness (QED) is 0.850. The Hall–Kier alpha value is -1.32. The maximum atomic E-state index is 4.56. The second kappa shape index (κ2) is 5.84. The minimum Gasteiger partial charge on any atom is -0.356 e. The van der Waals surface area contributed by atoms with Gasteiger partial charge in [-0.3, -0.25) is 0 Å². The lowest BCUT2D eigenvalue weighted by Crippen LogP contribution is -2.19. The first-order chi connectivity index (χ1) is 8.25. The first-order valence-electron chi connectivity index (χ1n) is 6.57. The van der Waals surface area contributed by atoms with Crippen molar-refractivity contribution in [1.82, 2.24) is 9.97 Å². The molecule has 1 fully saturated rings. The van der Waals surface area contributed by atoms with Crippen molar-refractivity contribution in [2.45, 2.75) is 33.1 Å². The zero-order valence-corrected chi connectivity index (χ0v) is 10.8. The van der Waals surface area contributed by atoms with Crippen LogP contribution in [0.15, 0.2) is 12.3 Å². The van der Waals surface area contributed by atoms with Crippen molar-refractivity contribution in [3.8, 4) is 0 Å². The molecule has 0 aliphatic carbocycles. The number of hydrogen-bond donors (Lipinski definition) is 1. The van der Waals surface area contributed by atoms with Crippen molar-refractivity contribution >= 4 is 11.8 Å². The van der Waals surface area contributed by atoms with E-state index in [0.29, 0.717) is 5.92 Å². The van der Waals surface area contributed by atoms with Crippen LogP contribution < -0.4 is 10.2 Å². The summed E-state index contributed by atoms with van der Waals surface area (Å²) in [5, 5.41) is 3.29. The molecule has 0 radical (unpaired) electrons. The molecule has 0 aromatic carbocycles. The lowest BCUT2D eigenvalue weighted by atomic mass is 10.1. The number of nitrogens with zero attached hydrogens (tertiary/aromatic N) is 3. The summed E-state index contributed by atoms with van der Waals surface area (Å²) in [5.74, 6) is 2.53. The highest BCUT2D eigenvalue weighted by molar-refractivity contribution is 5.43. The van der Waals surface area contributed by atoms with Crippen LogP contribution in [0.25, 0.3) is 0 Å². The molecule has 1 aromatic rings. The van der Waals surface area contributed by atoms with Gasteiger partial charge in [0.2, 0.25) is 5.95 Å². The topological polar surface area (TPSA) is 41.1 Å². The molecule has 0 spiro atoms. The standard InChI is InChI=1S/C13H22N4/c1-11(2)5-7-14-13-15-8-6-12(16-13)17-9-3-4-10-17/h6,8,11H,3-5,7,9-10H2,1-2H3,(H,14,15,16). The van der Waals surface area contributed by atoms with Gasteiger partial charge in [0.15, 0.2) is 0 Å². The first kappa shape index (κ1) is 12.1. The van der Waals surface area contributed by atoms with Gasteiger partial charge >= 0.3 is 0 Å². The Balaban J connectivity index is 1.91. The van der Waals surface area contributed by atoms with E-state index in [1.165, 1.54) is 12.8 Å². The summed E-state index contributed by atoms with van der Waals surface area (Å²) in [6.07, 6.45) is 5.55.